The molecule has 1 heterocycles. The van der Waals surface area contributed by atoms with Crippen LogP contribution < -0.4 is 5.32 Å². The number of carboxylic acid groups (broad SMARTS) is 1. The monoisotopic (exact) mass is 276 g/mol. The molecule has 1 fully saturated rings. The summed E-state index contributed by atoms with van der Waals surface area (Å²) in [4.78, 5) is 24.5. The number of nitrogens with one attached hydrogen (secondary N) is 1. The molecule has 0 aliphatic carbocycles. The van der Waals surface area contributed by atoms with Crippen molar-refractivity contribution in [3.05, 3.63) is 0 Å². The number of carbonyl (C=O) groups is 2. The van der Waals surface area contributed by atoms with Crippen LogP contribution in [0.5, 0.6) is 0 Å². The molecule has 1 unspecified atom stereocenters. The Labute approximate surface area is 111 Å². The lowest BCUT2D eigenvalue weighted by molar-refractivity contribution is -0.139. The molecule has 0 aromatic heterocycles. The van der Waals surface area contributed by atoms with Crippen LogP contribution in [0.25, 0.3) is 0 Å². The number of aliphatic hydroxyl groups excluding tert-OH is 1. The second-order valence-corrected chi connectivity index (χ2v) is 5.28. The van der Waals surface area contributed by atoms with Gasteiger partial charge in [-0.25, -0.2) is 9.59 Å². The topological polar surface area (TPSA) is 89.9 Å². The van der Waals surface area contributed by atoms with Gasteiger partial charge in [-0.05, 0) is 31.3 Å². The molecule has 0 saturated carbocycles. The summed E-state index contributed by atoms with van der Waals surface area (Å²) >= 11 is 1.54. The third kappa shape index (κ3) is 4.06. The van der Waals surface area contributed by atoms with Crippen LogP contribution in [0.15, 0.2) is 0 Å². The van der Waals surface area contributed by atoms with E-state index in [9.17, 15) is 9.59 Å². The van der Waals surface area contributed by atoms with Crippen molar-refractivity contribution in [1.29, 1.82) is 0 Å². The molecule has 1 saturated heterocycles. The second kappa shape index (κ2) is 7.48. The van der Waals surface area contributed by atoms with E-state index in [-0.39, 0.29) is 18.7 Å². The normalized spacial score (nSPS) is 20.8. The Morgan fingerprint density at radius 1 is 1.56 bits per heavy atom. The molecule has 0 aromatic rings. The molecule has 7 heteroatoms. The molecular weight excluding hydrogens is 256 g/mol. The Morgan fingerprint density at radius 3 is 2.83 bits per heavy atom. The average Bonchev–Trinajstić information content (AvgIpc) is 2.82. The lowest BCUT2D eigenvalue weighted by atomic mass is 10.2. The number of aliphatic carboxylic acids is 1. The van der Waals surface area contributed by atoms with Crippen LogP contribution in [0.2, 0.25) is 0 Å². The fraction of sp³-hybridized carbons (Fsp3) is 0.818. The van der Waals surface area contributed by atoms with E-state index >= 15 is 0 Å². The highest BCUT2D eigenvalue weighted by Gasteiger charge is 2.30. The maximum Gasteiger partial charge on any atom is 0.326 e. The van der Waals surface area contributed by atoms with E-state index in [2.05, 4.69) is 5.32 Å². The lowest BCUT2D eigenvalue weighted by Crippen LogP contribution is -2.50. The maximum absolute atomic E-state index is 11.9. The molecule has 2 amide bonds. The molecule has 2 atom stereocenters. The van der Waals surface area contributed by atoms with Gasteiger partial charge >= 0.3 is 12.0 Å². The van der Waals surface area contributed by atoms with Gasteiger partial charge in [0, 0.05) is 6.54 Å². The fourth-order valence-electron chi connectivity index (χ4n) is 2.02. The minimum absolute atomic E-state index is 0.0734. The summed E-state index contributed by atoms with van der Waals surface area (Å²) in [5, 5.41) is 20.7. The van der Waals surface area contributed by atoms with Gasteiger partial charge in [-0.15, -0.1) is 0 Å². The number of urea groups is 1. The minimum atomic E-state index is -1.02. The Balaban J connectivity index is 2.52. The second-order valence-electron chi connectivity index (χ2n) is 4.29. The molecule has 6 nitrogen and oxygen atoms in total. The number of rotatable bonds is 6. The zero-order chi connectivity index (χ0) is 13.5. The third-order valence-corrected chi connectivity index (χ3v) is 3.70. The van der Waals surface area contributed by atoms with E-state index in [4.69, 9.17) is 10.2 Å². The van der Waals surface area contributed by atoms with Gasteiger partial charge in [0.25, 0.3) is 0 Å². The molecule has 1 aliphatic rings. The van der Waals surface area contributed by atoms with Crippen LogP contribution in [0, 0.1) is 0 Å². The Morgan fingerprint density at radius 2 is 2.28 bits per heavy atom. The van der Waals surface area contributed by atoms with Crippen LogP contribution in [-0.2, 0) is 4.79 Å². The summed E-state index contributed by atoms with van der Waals surface area (Å²) in [6.07, 6.45) is 3.91. The first-order valence-electron chi connectivity index (χ1n) is 6.00. The number of amides is 2. The number of hydrogen-bond acceptors (Lipinski definition) is 4. The van der Waals surface area contributed by atoms with Gasteiger partial charge in [-0.1, -0.05) is 0 Å². The Bertz CT molecular complexity index is 301. The fourth-order valence-corrected chi connectivity index (χ4v) is 2.49. The van der Waals surface area contributed by atoms with Crippen LogP contribution in [0.3, 0.4) is 0 Å². The molecule has 18 heavy (non-hydrogen) atoms. The number of carbonyl (C=O) groups excluding carboxylic acids is 1. The molecule has 104 valence electrons. The summed E-state index contributed by atoms with van der Waals surface area (Å²) in [6, 6.07) is -1.43. The summed E-state index contributed by atoms with van der Waals surface area (Å²) in [5.74, 6) is -0.335. The lowest BCUT2D eigenvalue weighted by Gasteiger charge is -2.25. The Hall–Kier alpha value is -0.950. The summed E-state index contributed by atoms with van der Waals surface area (Å²) in [5.41, 5.74) is 0. The van der Waals surface area contributed by atoms with Crippen LogP contribution in [0.4, 0.5) is 4.79 Å². The smallest absolute Gasteiger partial charge is 0.326 e. The van der Waals surface area contributed by atoms with E-state index in [1.54, 1.807) is 11.8 Å². The predicted molar refractivity (Wildman–Crippen MR) is 69.8 cm³/mol. The standard InChI is InChI=1S/C11H20N2O4S/c1-18-6-4-9(10(15)16)12-11(17)13-5-2-3-8(13)7-14/h8-9,14H,2-7H2,1H3,(H,12,17)(H,15,16)/t8?,9-/m1/s1. The van der Waals surface area contributed by atoms with Gasteiger partial charge in [0.1, 0.15) is 6.04 Å². The average molecular weight is 276 g/mol. The first-order chi connectivity index (χ1) is 8.60. The number of hydrogen-bond donors (Lipinski definition) is 3. The molecule has 1 aliphatic heterocycles. The van der Waals surface area contributed by atoms with Gasteiger partial charge < -0.3 is 20.4 Å². The highest BCUT2D eigenvalue weighted by molar-refractivity contribution is 7.98. The highest BCUT2D eigenvalue weighted by Crippen LogP contribution is 2.16. The summed E-state index contributed by atoms with van der Waals surface area (Å²) in [6.45, 7) is 0.502. The number of likely N-dealkylation sites (tertiary alicyclic amines) is 1. The van der Waals surface area contributed by atoms with Crippen molar-refractivity contribution in [2.24, 2.45) is 0 Å². The Kier molecular flexibility index (Phi) is 6.28. The number of aliphatic hydroxyl groups is 1. The minimum Gasteiger partial charge on any atom is -0.480 e. The predicted octanol–water partition coefficient (Wildman–Crippen LogP) is 0.359. The van der Waals surface area contributed by atoms with Gasteiger partial charge in [0.2, 0.25) is 0 Å². The van der Waals surface area contributed by atoms with Gasteiger partial charge in [0.15, 0.2) is 0 Å². The van der Waals surface area contributed by atoms with Crippen LogP contribution >= 0.6 is 11.8 Å². The van der Waals surface area contributed by atoms with E-state index < -0.39 is 12.0 Å². The van der Waals surface area contributed by atoms with Gasteiger partial charge in [-0.3, -0.25) is 0 Å². The largest absolute Gasteiger partial charge is 0.480 e. The van der Waals surface area contributed by atoms with Gasteiger partial charge in [0.05, 0.1) is 12.6 Å². The number of thioether (sulfide) groups is 1. The first-order valence-corrected chi connectivity index (χ1v) is 7.39. The molecule has 0 aromatic carbocycles. The van der Waals surface area contributed by atoms with Crippen molar-refractivity contribution in [3.8, 4) is 0 Å². The first kappa shape index (κ1) is 15.1. The summed E-state index contributed by atoms with van der Waals surface area (Å²) in [7, 11) is 0. The van der Waals surface area contributed by atoms with Crippen molar-refractivity contribution >= 4 is 23.8 Å². The summed E-state index contributed by atoms with van der Waals surface area (Å²) < 4.78 is 0. The quantitative estimate of drug-likeness (QED) is 0.651. The molecule has 0 radical (unpaired) electrons. The van der Waals surface area contributed by atoms with Crippen molar-refractivity contribution in [2.75, 3.05) is 25.2 Å². The molecular formula is C11H20N2O4S. The number of nitrogens with zero attached hydrogens (tertiary/aromatic N) is 1. The van der Waals surface area contributed by atoms with Crippen molar-refractivity contribution in [2.45, 2.75) is 31.3 Å². The van der Waals surface area contributed by atoms with E-state index in [0.717, 1.165) is 12.8 Å². The van der Waals surface area contributed by atoms with E-state index in [0.29, 0.717) is 18.7 Å². The van der Waals surface area contributed by atoms with Crippen LogP contribution in [-0.4, -0.2) is 64.4 Å². The third-order valence-electron chi connectivity index (χ3n) is 3.06. The molecule has 0 bridgehead atoms. The highest BCUT2D eigenvalue weighted by atomic mass is 32.2. The van der Waals surface area contributed by atoms with Crippen molar-refractivity contribution < 1.29 is 19.8 Å². The molecule has 1 rings (SSSR count). The molecule has 0 spiro atoms. The van der Waals surface area contributed by atoms with E-state index in [1.807, 2.05) is 6.26 Å². The van der Waals surface area contributed by atoms with Crippen LogP contribution in [0.1, 0.15) is 19.3 Å². The van der Waals surface area contributed by atoms with E-state index in [1.165, 1.54) is 4.90 Å². The SMILES string of the molecule is CSCC[C@@H](NC(=O)N1CCCC1CO)C(=O)O. The van der Waals surface area contributed by atoms with Crippen molar-refractivity contribution in [3.63, 3.8) is 0 Å². The molecule has 3 N–H and O–H groups in total. The zero-order valence-corrected chi connectivity index (χ0v) is 11.3. The van der Waals surface area contributed by atoms with Gasteiger partial charge in [-0.2, -0.15) is 11.8 Å². The maximum atomic E-state index is 11.9. The number of carboxylic acids is 1. The zero-order valence-electron chi connectivity index (χ0n) is 10.5. The van der Waals surface area contributed by atoms with Crippen molar-refractivity contribution in [1.82, 2.24) is 10.2 Å².